The smallest absolute Gasteiger partial charge is 0.410 e. The first-order chi connectivity index (χ1) is 16.5. The molecule has 1 aromatic heterocycles. The van der Waals surface area contributed by atoms with Crippen LogP contribution in [0.5, 0.6) is 0 Å². The van der Waals surface area contributed by atoms with Gasteiger partial charge in [0.15, 0.2) is 14.0 Å². The first-order valence-electron chi connectivity index (χ1n) is 12.2. The Hall–Kier alpha value is -2.76. The van der Waals surface area contributed by atoms with E-state index in [1.54, 1.807) is 27.7 Å². The number of imidazole rings is 1. The molecule has 0 radical (unpaired) electrons. The van der Waals surface area contributed by atoms with Crippen LogP contribution in [0.3, 0.4) is 0 Å². The number of amides is 1. The van der Waals surface area contributed by atoms with Gasteiger partial charge in [-0.15, -0.1) is 0 Å². The summed E-state index contributed by atoms with van der Waals surface area (Å²) in [6.07, 6.45) is -1.15. The third-order valence-corrected chi connectivity index (χ3v) is 10.9. The van der Waals surface area contributed by atoms with Crippen molar-refractivity contribution in [3.8, 4) is 0 Å². The second kappa shape index (κ2) is 11.1. The zero-order valence-electron chi connectivity index (χ0n) is 23.0. The molecular weight excluding hydrogens is 484 g/mol. The maximum absolute atomic E-state index is 13.5. The van der Waals surface area contributed by atoms with Crippen molar-refractivity contribution < 1.29 is 23.5 Å². The van der Waals surface area contributed by atoms with E-state index in [4.69, 9.17) is 19.4 Å². The van der Waals surface area contributed by atoms with Crippen molar-refractivity contribution in [3.63, 3.8) is 0 Å². The number of esters is 1. The van der Waals surface area contributed by atoms with E-state index < -0.39 is 37.8 Å². The predicted octanol–water partition coefficient (Wildman–Crippen LogP) is 4.28. The van der Waals surface area contributed by atoms with Crippen molar-refractivity contribution in [1.82, 2.24) is 14.0 Å². The molecule has 202 valence electrons. The fourth-order valence-electron chi connectivity index (χ4n) is 3.65. The molecule has 0 saturated heterocycles. The van der Waals surface area contributed by atoms with Crippen LogP contribution >= 0.6 is 0 Å². The zero-order chi connectivity index (χ0) is 27.5. The maximum Gasteiger partial charge on any atom is 0.410 e. The Bertz CT molecular complexity index is 1070. The van der Waals surface area contributed by atoms with Crippen LogP contribution < -0.4 is 5.69 Å². The van der Waals surface area contributed by atoms with Crippen LogP contribution in [-0.2, 0) is 33.5 Å². The van der Waals surface area contributed by atoms with Gasteiger partial charge in [-0.05, 0) is 51.4 Å². The van der Waals surface area contributed by atoms with Crippen molar-refractivity contribution in [1.29, 1.82) is 0 Å². The van der Waals surface area contributed by atoms with Crippen LogP contribution in [0.1, 0.15) is 64.6 Å². The molecule has 36 heavy (non-hydrogen) atoms. The number of azide groups is 1. The summed E-state index contributed by atoms with van der Waals surface area (Å²) in [6, 6.07) is 0. The van der Waals surface area contributed by atoms with E-state index in [0.717, 1.165) is 0 Å². The normalized spacial score (nSPS) is 15.1. The molecule has 1 aliphatic heterocycles. The monoisotopic (exact) mass is 524 g/mol. The minimum Gasteiger partial charge on any atom is -0.461 e. The Kier molecular flexibility index (Phi) is 9.08. The van der Waals surface area contributed by atoms with Gasteiger partial charge in [-0.2, -0.15) is 0 Å². The number of aromatic nitrogens is 2. The van der Waals surface area contributed by atoms with E-state index >= 15 is 0 Å². The van der Waals surface area contributed by atoms with Gasteiger partial charge in [-0.25, -0.2) is 14.4 Å². The highest BCUT2D eigenvalue weighted by Gasteiger charge is 2.40. The van der Waals surface area contributed by atoms with Crippen LogP contribution in [-0.4, -0.2) is 65.8 Å². The molecule has 0 spiro atoms. The SMILES string of the molecule is CCOC(=O)c1c2n(c(=O)n1CC(CN=[N+]=[N-])O[Si](C)(C)C(C)(C)C)CCN(C(=O)OC(C)(C)C)C2. The topological polar surface area (TPSA) is 141 Å². The van der Waals surface area contributed by atoms with Gasteiger partial charge in [-0.1, -0.05) is 25.9 Å². The summed E-state index contributed by atoms with van der Waals surface area (Å²) in [5.74, 6) is -0.663. The van der Waals surface area contributed by atoms with Gasteiger partial charge in [0.05, 0.1) is 38.0 Å². The maximum atomic E-state index is 13.5. The van der Waals surface area contributed by atoms with Crippen molar-refractivity contribution >= 4 is 20.4 Å². The molecule has 0 N–H and O–H groups in total. The highest BCUT2D eigenvalue weighted by atomic mass is 28.4. The molecule has 0 fully saturated rings. The second-order valence-corrected chi connectivity index (χ2v) is 16.1. The Morgan fingerprint density at radius 1 is 1.17 bits per heavy atom. The molecule has 1 aromatic rings. The van der Waals surface area contributed by atoms with Crippen LogP contribution in [0.4, 0.5) is 4.79 Å². The third-order valence-electron chi connectivity index (χ3n) is 6.39. The summed E-state index contributed by atoms with van der Waals surface area (Å²) in [6.45, 7) is 18.0. The van der Waals surface area contributed by atoms with Crippen LogP contribution in [0.2, 0.25) is 18.1 Å². The van der Waals surface area contributed by atoms with Gasteiger partial charge in [0.1, 0.15) is 5.60 Å². The first-order valence-corrected chi connectivity index (χ1v) is 15.1. The molecule has 2 rings (SSSR count). The molecule has 13 heteroatoms. The molecule has 1 atom stereocenters. The van der Waals surface area contributed by atoms with Crippen molar-refractivity contribution in [2.75, 3.05) is 19.7 Å². The van der Waals surface area contributed by atoms with E-state index in [0.29, 0.717) is 5.69 Å². The molecule has 0 saturated carbocycles. The van der Waals surface area contributed by atoms with Gasteiger partial charge in [-0.3, -0.25) is 9.13 Å². The highest BCUT2D eigenvalue weighted by Crippen LogP contribution is 2.37. The number of hydrogen-bond donors (Lipinski definition) is 0. The average molecular weight is 525 g/mol. The zero-order valence-corrected chi connectivity index (χ0v) is 24.0. The predicted molar refractivity (Wildman–Crippen MR) is 137 cm³/mol. The molecule has 1 amide bonds. The highest BCUT2D eigenvalue weighted by molar-refractivity contribution is 6.74. The standard InChI is InChI=1S/C23H40N6O6Si/c1-10-33-19(30)18-17-15-27(21(32)34-22(2,3)4)11-12-28(17)20(31)29(18)14-16(13-25-26-24)35-36(8,9)23(5,6)7/h16H,10-15H2,1-9H3. The molecule has 0 aromatic carbocycles. The Morgan fingerprint density at radius 3 is 2.33 bits per heavy atom. The van der Waals surface area contributed by atoms with E-state index in [1.807, 2.05) is 0 Å². The lowest BCUT2D eigenvalue weighted by atomic mass is 10.2. The Morgan fingerprint density at radius 2 is 1.81 bits per heavy atom. The van der Waals surface area contributed by atoms with Gasteiger partial charge in [0.25, 0.3) is 0 Å². The Balaban J connectivity index is 2.52. The summed E-state index contributed by atoms with van der Waals surface area (Å²) < 4.78 is 20.1. The van der Waals surface area contributed by atoms with Crippen LogP contribution in [0.15, 0.2) is 9.91 Å². The molecule has 1 unspecified atom stereocenters. The lowest BCUT2D eigenvalue weighted by Crippen LogP contribution is -2.46. The van der Waals surface area contributed by atoms with Gasteiger partial charge in [0, 0.05) is 18.0 Å². The van der Waals surface area contributed by atoms with Crippen molar-refractivity contribution in [2.45, 2.75) is 97.9 Å². The fourth-order valence-corrected chi connectivity index (χ4v) is 4.98. The number of carbonyl (C=O) groups is 2. The van der Waals surface area contributed by atoms with Crippen molar-refractivity contribution in [3.05, 3.63) is 32.3 Å². The minimum absolute atomic E-state index is 0.00224. The summed E-state index contributed by atoms with van der Waals surface area (Å²) in [7, 11) is -2.30. The molecule has 12 nitrogen and oxygen atoms in total. The summed E-state index contributed by atoms with van der Waals surface area (Å²) in [4.78, 5) is 43.5. The van der Waals surface area contributed by atoms with E-state index in [-0.39, 0.29) is 50.1 Å². The molecule has 0 bridgehead atoms. The molecule has 2 heterocycles. The van der Waals surface area contributed by atoms with Crippen LogP contribution in [0.25, 0.3) is 10.4 Å². The lowest BCUT2D eigenvalue weighted by Gasteiger charge is -2.39. The summed E-state index contributed by atoms with van der Waals surface area (Å²) in [5, 5.41) is 3.58. The van der Waals surface area contributed by atoms with Gasteiger partial charge >= 0.3 is 17.8 Å². The number of nitrogens with zero attached hydrogens (tertiary/aromatic N) is 6. The minimum atomic E-state index is -2.30. The summed E-state index contributed by atoms with van der Waals surface area (Å²) >= 11 is 0. The number of fused-ring (bicyclic) bond motifs is 1. The number of hydrogen-bond acceptors (Lipinski definition) is 7. The van der Waals surface area contributed by atoms with E-state index in [1.165, 1.54) is 14.0 Å². The second-order valence-electron chi connectivity index (χ2n) is 11.4. The van der Waals surface area contributed by atoms with Gasteiger partial charge in [0.2, 0.25) is 0 Å². The third kappa shape index (κ3) is 6.92. The number of rotatable bonds is 8. The lowest BCUT2D eigenvalue weighted by molar-refractivity contribution is 0.0193. The molecular formula is C23H40N6O6Si. The van der Waals surface area contributed by atoms with E-state index in [2.05, 4.69) is 43.9 Å². The first kappa shape index (κ1) is 29.5. The molecule has 0 aliphatic carbocycles. The quantitative estimate of drug-likeness (QED) is 0.163. The largest absolute Gasteiger partial charge is 0.461 e. The Labute approximate surface area is 213 Å². The fraction of sp³-hybridized carbons (Fsp3) is 0.783. The number of carbonyl (C=O) groups excluding carboxylic acids is 2. The van der Waals surface area contributed by atoms with E-state index in [9.17, 15) is 14.4 Å². The van der Waals surface area contributed by atoms with Crippen LogP contribution in [0, 0.1) is 0 Å². The van der Waals surface area contributed by atoms with Gasteiger partial charge < -0.3 is 18.8 Å². The molecule has 1 aliphatic rings. The summed E-state index contributed by atoms with van der Waals surface area (Å²) in [5.41, 5.74) is 8.29. The average Bonchev–Trinajstić information content (AvgIpc) is 3.01. The number of ether oxygens (including phenoxy) is 2. The van der Waals surface area contributed by atoms with Crippen molar-refractivity contribution in [2.24, 2.45) is 5.11 Å².